The van der Waals surface area contributed by atoms with E-state index in [4.69, 9.17) is 14.2 Å². The molecule has 0 aromatic heterocycles. The first-order chi connectivity index (χ1) is 14.0. The normalized spacial score (nSPS) is 14.4. The summed E-state index contributed by atoms with van der Waals surface area (Å²) in [7, 11) is 4.56. The maximum Gasteiger partial charge on any atom is 0.265 e. The number of carbonyl (C=O) groups excluding carboxylic acids is 2. The molecule has 29 heavy (non-hydrogen) atoms. The molecule has 0 radical (unpaired) electrons. The largest absolute Gasteiger partial charge is 0.497 e. The molecule has 0 saturated heterocycles. The highest BCUT2D eigenvalue weighted by atomic mass is 16.5. The van der Waals surface area contributed by atoms with Gasteiger partial charge in [-0.3, -0.25) is 9.59 Å². The zero-order valence-electron chi connectivity index (χ0n) is 16.3. The van der Waals surface area contributed by atoms with Crippen molar-refractivity contribution in [2.75, 3.05) is 21.3 Å². The number of ketones is 1. The Kier molecular flexibility index (Phi) is 6.09. The van der Waals surface area contributed by atoms with Crippen molar-refractivity contribution in [3.8, 4) is 11.5 Å². The van der Waals surface area contributed by atoms with E-state index in [1.807, 2.05) is 0 Å². The number of benzene rings is 2. The lowest BCUT2D eigenvalue weighted by Crippen LogP contribution is -2.31. The predicted molar refractivity (Wildman–Crippen MR) is 108 cm³/mol. The predicted octanol–water partition coefficient (Wildman–Crippen LogP) is 3.44. The van der Waals surface area contributed by atoms with Gasteiger partial charge in [0.25, 0.3) is 5.91 Å². The van der Waals surface area contributed by atoms with Crippen LogP contribution in [-0.4, -0.2) is 44.3 Å². The van der Waals surface area contributed by atoms with Crippen molar-refractivity contribution in [3.05, 3.63) is 83.4 Å². The molecule has 0 fully saturated rings. The van der Waals surface area contributed by atoms with Crippen LogP contribution in [0.2, 0.25) is 0 Å². The SMILES string of the molecule is COC1=CC(=CC(=O)c2ccc(OC)cc2)N=CN1C(=O)c1ccc(OC)cc1. The summed E-state index contributed by atoms with van der Waals surface area (Å²) in [4.78, 5) is 30.7. The van der Waals surface area contributed by atoms with Gasteiger partial charge in [-0.2, -0.15) is 0 Å². The first-order valence-electron chi connectivity index (χ1n) is 8.73. The summed E-state index contributed by atoms with van der Waals surface area (Å²) in [5, 5.41) is 0. The third kappa shape index (κ3) is 4.52. The molecule has 7 nitrogen and oxygen atoms in total. The highest BCUT2D eigenvalue weighted by Gasteiger charge is 2.22. The van der Waals surface area contributed by atoms with Crippen LogP contribution in [0.4, 0.5) is 0 Å². The van der Waals surface area contributed by atoms with E-state index in [-0.39, 0.29) is 17.6 Å². The first kappa shape index (κ1) is 19.9. The van der Waals surface area contributed by atoms with Crippen LogP contribution in [0.15, 0.2) is 77.3 Å². The van der Waals surface area contributed by atoms with Gasteiger partial charge in [-0.25, -0.2) is 9.89 Å². The Balaban J connectivity index is 1.79. The molecule has 2 aromatic rings. The summed E-state index contributed by atoms with van der Waals surface area (Å²) >= 11 is 0. The quantitative estimate of drug-likeness (QED) is 0.556. The van der Waals surface area contributed by atoms with Gasteiger partial charge in [0.1, 0.15) is 17.8 Å². The van der Waals surface area contributed by atoms with E-state index < -0.39 is 0 Å². The highest BCUT2D eigenvalue weighted by Crippen LogP contribution is 2.20. The van der Waals surface area contributed by atoms with Gasteiger partial charge in [0.15, 0.2) is 5.78 Å². The number of rotatable bonds is 6. The van der Waals surface area contributed by atoms with Crippen LogP contribution >= 0.6 is 0 Å². The van der Waals surface area contributed by atoms with Gasteiger partial charge in [-0.05, 0) is 48.5 Å². The van der Waals surface area contributed by atoms with Crippen molar-refractivity contribution in [1.82, 2.24) is 4.90 Å². The number of methoxy groups -OCH3 is 3. The number of hydrogen-bond acceptors (Lipinski definition) is 6. The van der Waals surface area contributed by atoms with E-state index in [0.717, 1.165) is 0 Å². The number of allylic oxidation sites excluding steroid dienone is 2. The summed E-state index contributed by atoms with van der Waals surface area (Å²) < 4.78 is 15.5. The van der Waals surface area contributed by atoms with E-state index in [9.17, 15) is 9.59 Å². The van der Waals surface area contributed by atoms with Crippen molar-refractivity contribution < 1.29 is 23.8 Å². The van der Waals surface area contributed by atoms with Gasteiger partial charge in [0, 0.05) is 23.3 Å². The molecule has 0 N–H and O–H groups in total. The molecule has 1 aliphatic rings. The summed E-state index contributed by atoms with van der Waals surface area (Å²) in [6, 6.07) is 13.5. The fourth-order valence-electron chi connectivity index (χ4n) is 2.65. The maximum atomic E-state index is 12.8. The van der Waals surface area contributed by atoms with Crippen molar-refractivity contribution in [2.24, 2.45) is 4.99 Å². The highest BCUT2D eigenvalue weighted by molar-refractivity contribution is 6.06. The van der Waals surface area contributed by atoms with E-state index in [1.54, 1.807) is 62.8 Å². The summed E-state index contributed by atoms with van der Waals surface area (Å²) in [6.45, 7) is 0. The smallest absolute Gasteiger partial charge is 0.265 e. The molecular weight excluding hydrogens is 372 g/mol. The van der Waals surface area contributed by atoms with Crippen molar-refractivity contribution >= 4 is 18.0 Å². The van der Waals surface area contributed by atoms with E-state index in [0.29, 0.717) is 28.3 Å². The Labute approximate surface area is 168 Å². The van der Waals surface area contributed by atoms with E-state index >= 15 is 0 Å². The zero-order chi connectivity index (χ0) is 20.8. The topological polar surface area (TPSA) is 77.4 Å². The molecule has 0 atom stereocenters. The second-order valence-corrected chi connectivity index (χ2v) is 6.00. The molecule has 0 saturated carbocycles. The Morgan fingerprint density at radius 2 is 1.38 bits per heavy atom. The summed E-state index contributed by atoms with van der Waals surface area (Å²) in [5.74, 6) is 1.04. The lowest BCUT2D eigenvalue weighted by Gasteiger charge is -2.22. The number of ether oxygens (including phenoxy) is 3. The molecule has 1 aliphatic heterocycles. The van der Waals surface area contributed by atoms with Crippen molar-refractivity contribution in [3.63, 3.8) is 0 Å². The van der Waals surface area contributed by atoms with E-state index in [1.165, 1.54) is 30.5 Å². The van der Waals surface area contributed by atoms with Crippen molar-refractivity contribution in [1.29, 1.82) is 0 Å². The van der Waals surface area contributed by atoms with Gasteiger partial charge >= 0.3 is 0 Å². The Bertz CT molecular complexity index is 989. The monoisotopic (exact) mass is 392 g/mol. The lowest BCUT2D eigenvalue weighted by atomic mass is 10.1. The molecule has 3 rings (SSSR count). The number of amides is 1. The van der Waals surface area contributed by atoms with Gasteiger partial charge < -0.3 is 14.2 Å². The first-order valence-corrected chi connectivity index (χ1v) is 8.73. The molecular formula is C22H20N2O5. The Morgan fingerprint density at radius 1 is 0.828 bits per heavy atom. The number of nitrogens with zero attached hydrogens (tertiary/aromatic N) is 2. The Morgan fingerprint density at radius 3 is 1.90 bits per heavy atom. The number of hydrogen-bond donors (Lipinski definition) is 0. The minimum absolute atomic E-state index is 0.221. The van der Waals surface area contributed by atoms with Crippen LogP contribution in [0.1, 0.15) is 20.7 Å². The summed E-state index contributed by atoms with van der Waals surface area (Å²) in [6.07, 6.45) is 4.24. The Hall–Kier alpha value is -3.87. The molecule has 7 heteroatoms. The zero-order valence-corrected chi connectivity index (χ0v) is 16.3. The number of carbonyl (C=O) groups is 2. The third-order valence-corrected chi connectivity index (χ3v) is 4.25. The molecule has 0 unspecified atom stereocenters. The van der Waals surface area contributed by atoms with Gasteiger partial charge in [-0.15, -0.1) is 0 Å². The maximum absolute atomic E-state index is 12.8. The van der Waals surface area contributed by atoms with Crippen molar-refractivity contribution in [2.45, 2.75) is 0 Å². The minimum atomic E-state index is -0.315. The average molecular weight is 392 g/mol. The molecule has 148 valence electrons. The van der Waals surface area contributed by atoms with Crippen LogP contribution in [0.3, 0.4) is 0 Å². The van der Waals surface area contributed by atoms with Crippen LogP contribution in [0.5, 0.6) is 11.5 Å². The molecule has 0 spiro atoms. The molecule has 0 aliphatic carbocycles. The summed E-state index contributed by atoms with van der Waals surface area (Å²) in [5.41, 5.74) is 1.32. The molecule has 2 aromatic carbocycles. The lowest BCUT2D eigenvalue weighted by molar-refractivity contribution is 0.0806. The second kappa shape index (κ2) is 8.88. The van der Waals surface area contributed by atoms with Gasteiger partial charge in [0.05, 0.1) is 27.0 Å². The van der Waals surface area contributed by atoms with Crippen LogP contribution in [0.25, 0.3) is 0 Å². The minimum Gasteiger partial charge on any atom is -0.497 e. The van der Waals surface area contributed by atoms with E-state index in [2.05, 4.69) is 4.99 Å². The van der Waals surface area contributed by atoms with Gasteiger partial charge in [0.2, 0.25) is 5.88 Å². The van der Waals surface area contributed by atoms with Gasteiger partial charge in [-0.1, -0.05) is 0 Å². The fraction of sp³-hybridized carbons (Fsp3) is 0.136. The second-order valence-electron chi connectivity index (χ2n) is 6.00. The standard InChI is InChI=1S/C22H20N2O5/c1-27-18-8-4-15(5-9-18)20(25)12-17-13-21(29-3)24(14-23-17)22(26)16-6-10-19(28-2)11-7-16/h4-14H,1-3H3. The molecule has 0 bridgehead atoms. The fourth-order valence-corrected chi connectivity index (χ4v) is 2.65. The number of aliphatic imine (C=N–C) groups is 1. The van der Waals surface area contributed by atoms with Crippen LogP contribution < -0.4 is 9.47 Å². The van der Waals surface area contributed by atoms with Crippen LogP contribution in [0, 0.1) is 0 Å². The van der Waals surface area contributed by atoms with Crippen LogP contribution in [-0.2, 0) is 4.74 Å². The molecule has 1 heterocycles. The third-order valence-electron chi connectivity index (χ3n) is 4.25. The molecule has 1 amide bonds. The average Bonchev–Trinajstić information content (AvgIpc) is 2.78.